The summed E-state index contributed by atoms with van der Waals surface area (Å²) in [4.78, 5) is 25.9. The summed E-state index contributed by atoms with van der Waals surface area (Å²) in [6, 6.07) is 13.3. The first-order valence-corrected chi connectivity index (χ1v) is 9.52. The van der Waals surface area contributed by atoms with Crippen molar-refractivity contribution in [2.45, 2.75) is 39.3 Å². The van der Waals surface area contributed by atoms with Gasteiger partial charge in [0.25, 0.3) is 5.91 Å². The highest BCUT2D eigenvalue weighted by Crippen LogP contribution is 2.31. The van der Waals surface area contributed by atoms with Gasteiger partial charge in [0.1, 0.15) is 0 Å². The van der Waals surface area contributed by atoms with E-state index in [-0.39, 0.29) is 11.9 Å². The van der Waals surface area contributed by atoms with E-state index in [1.54, 1.807) is 18.2 Å². The Balaban J connectivity index is 1.86. The van der Waals surface area contributed by atoms with E-state index < -0.39 is 12.6 Å². The molecule has 1 heterocycles. The van der Waals surface area contributed by atoms with Crippen molar-refractivity contribution in [1.29, 1.82) is 0 Å². The molecule has 0 aliphatic carbocycles. The zero-order valence-electron chi connectivity index (χ0n) is 16.2. The Kier molecular flexibility index (Phi) is 6.19. The molecule has 3 rings (SSSR count). The van der Waals surface area contributed by atoms with Crippen molar-refractivity contribution in [2.75, 3.05) is 13.2 Å². The SMILES string of the molecule is CCOc1cc(C(=O)N2Cc3ccccc3CC2CC)ccc1OCC(=O)O. The topological polar surface area (TPSA) is 76.1 Å². The van der Waals surface area contributed by atoms with Crippen molar-refractivity contribution in [3.05, 3.63) is 59.2 Å². The lowest BCUT2D eigenvalue weighted by atomic mass is 9.92. The predicted octanol–water partition coefficient (Wildman–Crippen LogP) is 3.53. The minimum absolute atomic E-state index is 0.0629. The Labute approximate surface area is 164 Å². The molecule has 1 amide bonds. The molecule has 0 spiro atoms. The van der Waals surface area contributed by atoms with E-state index in [1.807, 2.05) is 24.0 Å². The molecule has 0 saturated carbocycles. The summed E-state index contributed by atoms with van der Waals surface area (Å²) >= 11 is 0. The maximum atomic E-state index is 13.2. The number of carboxylic acid groups (broad SMARTS) is 1. The van der Waals surface area contributed by atoms with E-state index in [4.69, 9.17) is 14.6 Å². The van der Waals surface area contributed by atoms with Gasteiger partial charge in [0.15, 0.2) is 18.1 Å². The number of rotatable bonds is 7. The molecule has 28 heavy (non-hydrogen) atoms. The van der Waals surface area contributed by atoms with E-state index >= 15 is 0 Å². The van der Waals surface area contributed by atoms with Crippen LogP contribution in [-0.2, 0) is 17.8 Å². The number of hydrogen-bond donors (Lipinski definition) is 1. The van der Waals surface area contributed by atoms with Crippen molar-refractivity contribution in [3.63, 3.8) is 0 Å². The smallest absolute Gasteiger partial charge is 0.341 e. The zero-order valence-corrected chi connectivity index (χ0v) is 16.2. The van der Waals surface area contributed by atoms with Crippen LogP contribution in [0.25, 0.3) is 0 Å². The summed E-state index contributed by atoms with van der Waals surface area (Å²) in [6.45, 7) is 4.41. The Bertz CT molecular complexity index is 864. The number of hydrogen-bond acceptors (Lipinski definition) is 4. The lowest BCUT2D eigenvalue weighted by Gasteiger charge is -2.36. The highest BCUT2D eigenvalue weighted by atomic mass is 16.5. The number of nitrogens with zero attached hydrogens (tertiary/aromatic N) is 1. The molecular weight excluding hydrogens is 358 g/mol. The Morgan fingerprint density at radius 3 is 2.50 bits per heavy atom. The van der Waals surface area contributed by atoms with Gasteiger partial charge in [-0.15, -0.1) is 0 Å². The van der Waals surface area contributed by atoms with Gasteiger partial charge in [0, 0.05) is 18.2 Å². The number of fused-ring (bicyclic) bond motifs is 1. The Morgan fingerprint density at radius 2 is 1.82 bits per heavy atom. The molecule has 1 atom stereocenters. The molecule has 1 aliphatic rings. The molecule has 0 fully saturated rings. The van der Waals surface area contributed by atoms with Crippen LogP contribution in [0.15, 0.2) is 42.5 Å². The summed E-state index contributed by atoms with van der Waals surface area (Å²) in [5.41, 5.74) is 2.97. The molecule has 0 radical (unpaired) electrons. The predicted molar refractivity (Wildman–Crippen MR) is 105 cm³/mol. The molecule has 2 aromatic rings. The average molecular weight is 383 g/mol. The van der Waals surface area contributed by atoms with Crippen LogP contribution >= 0.6 is 0 Å². The van der Waals surface area contributed by atoms with Gasteiger partial charge < -0.3 is 19.5 Å². The van der Waals surface area contributed by atoms with Gasteiger partial charge in [-0.1, -0.05) is 31.2 Å². The van der Waals surface area contributed by atoms with Crippen molar-refractivity contribution in [3.8, 4) is 11.5 Å². The van der Waals surface area contributed by atoms with E-state index in [9.17, 15) is 9.59 Å². The van der Waals surface area contributed by atoms with E-state index in [0.29, 0.717) is 30.2 Å². The molecular formula is C22H25NO5. The first-order chi connectivity index (χ1) is 13.5. The second-order valence-electron chi connectivity index (χ2n) is 6.74. The fourth-order valence-electron chi connectivity index (χ4n) is 3.52. The zero-order chi connectivity index (χ0) is 20.1. The van der Waals surface area contributed by atoms with Gasteiger partial charge in [0.05, 0.1) is 6.61 Å². The summed E-state index contributed by atoms with van der Waals surface area (Å²) in [5, 5.41) is 8.82. The van der Waals surface area contributed by atoms with Crippen molar-refractivity contribution in [2.24, 2.45) is 0 Å². The highest BCUT2D eigenvalue weighted by molar-refractivity contribution is 5.95. The first-order valence-electron chi connectivity index (χ1n) is 9.52. The fourth-order valence-corrected chi connectivity index (χ4v) is 3.52. The monoisotopic (exact) mass is 383 g/mol. The second kappa shape index (κ2) is 8.78. The number of carbonyl (C=O) groups is 2. The van der Waals surface area contributed by atoms with Gasteiger partial charge >= 0.3 is 5.97 Å². The molecule has 6 heteroatoms. The normalized spacial score (nSPS) is 15.6. The number of ether oxygens (including phenoxy) is 2. The highest BCUT2D eigenvalue weighted by Gasteiger charge is 2.29. The van der Waals surface area contributed by atoms with Crippen LogP contribution in [0.5, 0.6) is 11.5 Å². The quantitative estimate of drug-likeness (QED) is 0.792. The molecule has 0 bridgehead atoms. The maximum Gasteiger partial charge on any atom is 0.341 e. The third-order valence-electron chi connectivity index (χ3n) is 4.93. The lowest BCUT2D eigenvalue weighted by Crippen LogP contribution is -2.44. The Morgan fingerprint density at radius 1 is 1.07 bits per heavy atom. The molecule has 148 valence electrons. The number of carbonyl (C=O) groups excluding carboxylic acids is 1. The van der Waals surface area contributed by atoms with Gasteiger partial charge in [-0.05, 0) is 49.1 Å². The van der Waals surface area contributed by atoms with Crippen LogP contribution in [0.3, 0.4) is 0 Å². The molecule has 0 aromatic heterocycles. The van der Waals surface area contributed by atoms with Gasteiger partial charge in [-0.25, -0.2) is 4.79 Å². The molecule has 0 saturated heterocycles. The number of aliphatic carboxylic acids is 1. The summed E-state index contributed by atoms with van der Waals surface area (Å²) in [6.07, 6.45) is 1.72. The van der Waals surface area contributed by atoms with Crippen molar-refractivity contribution < 1.29 is 24.2 Å². The Hall–Kier alpha value is -3.02. The number of amides is 1. The third kappa shape index (κ3) is 4.27. The van der Waals surface area contributed by atoms with Gasteiger partial charge in [0.2, 0.25) is 0 Å². The summed E-state index contributed by atoms with van der Waals surface area (Å²) < 4.78 is 10.8. The fraction of sp³-hybridized carbons (Fsp3) is 0.364. The number of carboxylic acids is 1. The average Bonchev–Trinajstić information content (AvgIpc) is 2.71. The molecule has 1 unspecified atom stereocenters. The molecule has 6 nitrogen and oxygen atoms in total. The van der Waals surface area contributed by atoms with Crippen LogP contribution in [0, 0.1) is 0 Å². The second-order valence-corrected chi connectivity index (χ2v) is 6.74. The van der Waals surface area contributed by atoms with Crippen LogP contribution in [0.1, 0.15) is 41.8 Å². The van der Waals surface area contributed by atoms with E-state index in [0.717, 1.165) is 12.8 Å². The minimum Gasteiger partial charge on any atom is -0.490 e. The van der Waals surface area contributed by atoms with Crippen LogP contribution in [0.2, 0.25) is 0 Å². The van der Waals surface area contributed by atoms with Crippen molar-refractivity contribution >= 4 is 11.9 Å². The largest absolute Gasteiger partial charge is 0.490 e. The van der Waals surface area contributed by atoms with Gasteiger partial charge in [-0.2, -0.15) is 0 Å². The molecule has 1 aliphatic heterocycles. The molecule has 1 N–H and O–H groups in total. The van der Waals surface area contributed by atoms with E-state index in [2.05, 4.69) is 19.1 Å². The van der Waals surface area contributed by atoms with Crippen LogP contribution in [-0.4, -0.2) is 41.1 Å². The first kappa shape index (κ1) is 19.7. The standard InChI is InChI=1S/C22H25NO5/c1-3-18-11-15-7-5-6-8-17(15)13-23(18)22(26)16-9-10-19(28-14-21(24)25)20(12-16)27-4-2/h5-10,12,18H,3-4,11,13-14H2,1-2H3,(H,24,25). The lowest BCUT2D eigenvalue weighted by molar-refractivity contribution is -0.139. The third-order valence-corrected chi connectivity index (χ3v) is 4.93. The van der Waals surface area contributed by atoms with E-state index in [1.165, 1.54) is 11.1 Å². The van der Waals surface area contributed by atoms with Gasteiger partial charge in [-0.3, -0.25) is 4.79 Å². The van der Waals surface area contributed by atoms with Crippen molar-refractivity contribution in [1.82, 2.24) is 4.90 Å². The minimum atomic E-state index is -1.07. The summed E-state index contributed by atoms with van der Waals surface area (Å²) in [5.74, 6) is -0.440. The number of benzene rings is 2. The van der Waals surface area contributed by atoms with Crippen LogP contribution < -0.4 is 9.47 Å². The maximum absolute atomic E-state index is 13.2. The summed E-state index contributed by atoms with van der Waals surface area (Å²) in [7, 11) is 0. The van der Waals surface area contributed by atoms with Crippen LogP contribution in [0.4, 0.5) is 0 Å². The molecule has 2 aromatic carbocycles.